The molecule has 2 rings (SSSR count). The van der Waals surface area contributed by atoms with Crippen molar-refractivity contribution >= 4 is 34.3 Å². The van der Waals surface area contributed by atoms with Crippen LogP contribution in [0.25, 0.3) is 10.9 Å². The molecular weight excluding hydrogens is 276 g/mol. The van der Waals surface area contributed by atoms with Gasteiger partial charge in [0.2, 0.25) is 0 Å². The molecule has 2 N–H and O–H groups in total. The number of hydrogen-bond acceptors (Lipinski definition) is 3. The number of hydrogen-bond donors (Lipinski definition) is 1. The van der Waals surface area contributed by atoms with Crippen LogP contribution >= 0.6 is 23.4 Å². The average Bonchev–Trinajstić information content (AvgIpc) is 2.44. The molecule has 0 saturated heterocycles. The molecule has 0 aliphatic carbocycles. The molecule has 0 bridgehead atoms. The van der Waals surface area contributed by atoms with Crippen LogP contribution in [-0.4, -0.2) is 16.8 Å². The van der Waals surface area contributed by atoms with Crippen molar-refractivity contribution in [2.45, 2.75) is 32.1 Å². The number of pyridine rings is 1. The Hall–Kier alpha value is -0.770. The molecule has 102 valence electrons. The van der Waals surface area contributed by atoms with Crippen LogP contribution < -0.4 is 5.73 Å². The number of para-hydroxylation sites is 1. The number of nitrogens with two attached hydrogens (primary N) is 1. The van der Waals surface area contributed by atoms with E-state index in [1.165, 1.54) is 0 Å². The number of fused-ring (bicyclic) bond motifs is 1. The van der Waals surface area contributed by atoms with E-state index in [2.05, 4.69) is 24.9 Å². The van der Waals surface area contributed by atoms with Crippen LogP contribution in [0.4, 0.5) is 0 Å². The Bertz CT molecular complexity index is 571. The fourth-order valence-corrected chi connectivity index (χ4v) is 3.29. The van der Waals surface area contributed by atoms with E-state index >= 15 is 0 Å². The van der Waals surface area contributed by atoms with E-state index in [-0.39, 0.29) is 6.04 Å². The molecule has 0 fully saturated rings. The monoisotopic (exact) mass is 294 g/mol. The van der Waals surface area contributed by atoms with Gasteiger partial charge in [-0.05, 0) is 25.0 Å². The molecule has 0 spiro atoms. The van der Waals surface area contributed by atoms with E-state index in [0.29, 0.717) is 0 Å². The van der Waals surface area contributed by atoms with Gasteiger partial charge in [-0.1, -0.05) is 36.7 Å². The van der Waals surface area contributed by atoms with Crippen LogP contribution in [-0.2, 0) is 5.75 Å². The van der Waals surface area contributed by atoms with Crippen molar-refractivity contribution in [2.75, 3.05) is 5.75 Å². The smallest absolute Gasteiger partial charge is 0.0709 e. The second-order valence-electron chi connectivity index (χ2n) is 4.70. The first-order valence-corrected chi connectivity index (χ1v) is 8.03. The molecule has 2 aromatic rings. The van der Waals surface area contributed by atoms with Gasteiger partial charge in [-0.3, -0.25) is 4.98 Å². The first-order valence-electron chi connectivity index (χ1n) is 6.50. The van der Waals surface area contributed by atoms with E-state index in [4.69, 9.17) is 17.3 Å². The summed E-state index contributed by atoms with van der Waals surface area (Å²) >= 11 is 8.21. The zero-order valence-corrected chi connectivity index (χ0v) is 12.9. The third-order valence-corrected chi connectivity index (χ3v) is 4.88. The predicted octanol–water partition coefficient (Wildman–Crippen LogP) is 4.17. The largest absolute Gasteiger partial charge is 0.327 e. The topological polar surface area (TPSA) is 38.9 Å². The Morgan fingerprint density at radius 2 is 2.11 bits per heavy atom. The highest BCUT2D eigenvalue weighted by Crippen LogP contribution is 2.29. The summed E-state index contributed by atoms with van der Waals surface area (Å²) in [5, 5.41) is 1.92. The summed E-state index contributed by atoms with van der Waals surface area (Å²) in [5.74, 6) is 1.76. The highest BCUT2D eigenvalue weighted by atomic mass is 35.5. The summed E-state index contributed by atoms with van der Waals surface area (Å²) in [6.07, 6.45) is 1.00. The molecule has 19 heavy (non-hydrogen) atoms. The number of thioether (sulfide) groups is 1. The van der Waals surface area contributed by atoms with Crippen LogP contribution in [0.1, 0.15) is 24.6 Å². The fraction of sp³-hybridized carbons (Fsp3) is 0.400. The molecule has 1 aromatic carbocycles. The Kier molecular flexibility index (Phi) is 5.08. The van der Waals surface area contributed by atoms with E-state index in [0.717, 1.165) is 45.1 Å². The van der Waals surface area contributed by atoms with Gasteiger partial charge in [0.25, 0.3) is 0 Å². The molecule has 0 aliphatic heterocycles. The molecule has 0 amide bonds. The maximum atomic E-state index is 6.41. The van der Waals surface area contributed by atoms with Gasteiger partial charge in [0, 0.05) is 22.9 Å². The summed E-state index contributed by atoms with van der Waals surface area (Å²) in [7, 11) is 0. The van der Waals surface area contributed by atoms with Crippen LogP contribution in [0.5, 0.6) is 0 Å². The van der Waals surface area contributed by atoms with Crippen LogP contribution in [0, 0.1) is 6.92 Å². The molecule has 1 aromatic heterocycles. The molecule has 0 aliphatic rings. The second-order valence-corrected chi connectivity index (χ2v) is 6.11. The van der Waals surface area contributed by atoms with Crippen LogP contribution in [0.15, 0.2) is 24.3 Å². The van der Waals surface area contributed by atoms with Crippen LogP contribution in [0.2, 0.25) is 5.02 Å². The molecule has 2 nitrogen and oxygen atoms in total. The Labute approximate surface area is 123 Å². The minimum absolute atomic E-state index is 0.255. The van der Waals surface area contributed by atoms with Crippen molar-refractivity contribution < 1.29 is 0 Å². The summed E-state index contributed by atoms with van der Waals surface area (Å²) in [6.45, 7) is 4.16. The average molecular weight is 295 g/mol. The Morgan fingerprint density at radius 1 is 1.37 bits per heavy atom. The van der Waals surface area contributed by atoms with E-state index < -0.39 is 0 Å². The van der Waals surface area contributed by atoms with Crippen LogP contribution in [0.3, 0.4) is 0 Å². The zero-order valence-electron chi connectivity index (χ0n) is 11.3. The predicted molar refractivity (Wildman–Crippen MR) is 85.9 cm³/mol. The standard InChI is InChI=1S/C15H19ClN2S/c1-3-11(17)8-19-9-14-15(16)10(2)12-6-4-5-7-13(12)18-14/h4-7,11H,3,8-9,17H2,1-2H3. The highest BCUT2D eigenvalue weighted by molar-refractivity contribution is 7.98. The van der Waals surface area contributed by atoms with Crippen molar-refractivity contribution in [1.29, 1.82) is 0 Å². The van der Waals surface area contributed by atoms with Gasteiger partial charge in [0.15, 0.2) is 0 Å². The third kappa shape index (κ3) is 3.41. The van der Waals surface area contributed by atoms with Gasteiger partial charge >= 0.3 is 0 Å². The quantitative estimate of drug-likeness (QED) is 0.899. The Morgan fingerprint density at radius 3 is 2.84 bits per heavy atom. The number of aromatic nitrogens is 1. The molecule has 1 unspecified atom stereocenters. The minimum atomic E-state index is 0.255. The third-order valence-electron chi connectivity index (χ3n) is 3.24. The summed E-state index contributed by atoms with van der Waals surface area (Å²) < 4.78 is 0. The number of rotatable bonds is 5. The van der Waals surface area contributed by atoms with Gasteiger partial charge in [0.05, 0.1) is 16.2 Å². The molecule has 0 saturated carbocycles. The highest BCUT2D eigenvalue weighted by Gasteiger charge is 2.10. The number of aryl methyl sites for hydroxylation is 1. The van der Waals surface area contributed by atoms with Gasteiger partial charge in [-0.2, -0.15) is 11.8 Å². The molecular formula is C15H19ClN2S. The summed E-state index contributed by atoms with van der Waals surface area (Å²) in [5.41, 5.74) is 9.01. The molecule has 1 heterocycles. The van der Waals surface area contributed by atoms with Gasteiger partial charge in [-0.25, -0.2) is 0 Å². The molecule has 0 radical (unpaired) electrons. The zero-order chi connectivity index (χ0) is 13.8. The lowest BCUT2D eigenvalue weighted by molar-refractivity contribution is 0.724. The van der Waals surface area contributed by atoms with E-state index in [9.17, 15) is 0 Å². The lowest BCUT2D eigenvalue weighted by atomic mass is 10.1. The maximum Gasteiger partial charge on any atom is 0.0709 e. The molecule has 1 atom stereocenters. The van der Waals surface area contributed by atoms with Gasteiger partial charge < -0.3 is 5.73 Å². The van der Waals surface area contributed by atoms with Crippen molar-refractivity contribution in [3.8, 4) is 0 Å². The molecule has 4 heteroatoms. The second kappa shape index (κ2) is 6.60. The van der Waals surface area contributed by atoms with Crippen molar-refractivity contribution in [3.05, 3.63) is 40.5 Å². The fourth-order valence-electron chi connectivity index (χ4n) is 1.94. The SMILES string of the molecule is CCC(N)CSCc1nc2ccccc2c(C)c1Cl. The summed E-state index contributed by atoms with van der Waals surface area (Å²) in [4.78, 5) is 4.66. The number of nitrogens with zero attached hydrogens (tertiary/aromatic N) is 1. The van der Waals surface area contributed by atoms with Crippen molar-refractivity contribution in [1.82, 2.24) is 4.98 Å². The lowest BCUT2D eigenvalue weighted by Crippen LogP contribution is -2.21. The maximum absolute atomic E-state index is 6.41. The number of benzene rings is 1. The van der Waals surface area contributed by atoms with Crippen molar-refractivity contribution in [3.63, 3.8) is 0 Å². The number of halogens is 1. The van der Waals surface area contributed by atoms with Gasteiger partial charge in [0.1, 0.15) is 0 Å². The summed E-state index contributed by atoms with van der Waals surface area (Å²) in [6, 6.07) is 8.37. The van der Waals surface area contributed by atoms with Crippen molar-refractivity contribution in [2.24, 2.45) is 5.73 Å². The first-order chi connectivity index (χ1) is 9.13. The van der Waals surface area contributed by atoms with Gasteiger partial charge in [-0.15, -0.1) is 0 Å². The lowest BCUT2D eigenvalue weighted by Gasteiger charge is -2.11. The normalized spacial score (nSPS) is 12.8. The van der Waals surface area contributed by atoms with E-state index in [1.807, 2.05) is 18.2 Å². The van der Waals surface area contributed by atoms with E-state index in [1.54, 1.807) is 11.8 Å². The minimum Gasteiger partial charge on any atom is -0.327 e. The Balaban J connectivity index is 2.21. The first kappa shape index (κ1) is 14.6.